The number of pyridine rings is 1. The van der Waals surface area contributed by atoms with E-state index in [1.54, 1.807) is 16.7 Å². The third-order valence-electron chi connectivity index (χ3n) is 4.58. The van der Waals surface area contributed by atoms with Gasteiger partial charge in [0.05, 0.1) is 25.2 Å². The van der Waals surface area contributed by atoms with Crippen LogP contribution in [0.3, 0.4) is 0 Å². The Hall–Kier alpha value is -1.18. The molecular formula is C15H22N2O4S. The summed E-state index contributed by atoms with van der Waals surface area (Å²) in [7, 11) is -3.19. The fraction of sp³-hybridized carbons (Fsp3) is 0.667. The van der Waals surface area contributed by atoms with Crippen LogP contribution in [-0.2, 0) is 14.8 Å². The molecule has 0 spiro atoms. The summed E-state index contributed by atoms with van der Waals surface area (Å²) in [4.78, 5) is 4.04. The van der Waals surface area contributed by atoms with Crippen molar-refractivity contribution in [2.45, 2.75) is 25.4 Å². The van der Waals surface area contributed by atoms with Gasteiger partial charge in [0, 0.05) is 31.3 Å². The van der Waals surface area contributed by atoms with Crippen LogP contribution < -0.4 is 4.74 Å². The number of piperidine rings is 1. The summed E-state index contributed by atoms with van der Waals surface area (Å²) in [6.07, 6.45) is 7.29. The molecule has 0 N–H and O–H groups in total. The van der Waals surface area contributed by atoms with E-state index in [0.29, 0.717) is 25.4 Å². The van der Waals surface area contributed by atoms with E-state index >= 15 is 0 Å². The largest absolute Gasteiger partial charge is 0.491 e. The van der Waals surface area contributed by atoms with Crippen LogP contribution in [-0.4, -0.2) is 56.4 Å². The topological polar surface area (TPSA) is 68.7 Å². The van der Waals surface area contributed by atoms with E-state index in [-0.39, 0.29) is 11.5 Å². The molecule has 0 amide bonds. The second-order valence-corrected chi connectivity index (χ2v) is 8.17. The van der Waals surface area contributed by atoms with Gasteiger partial charge in [-0.15, -0.1) is 0 Å². The summed E-state index contributed by atoms with van der Waals surface area (Å²) >= 11 is 0. The van der Waals surface area contributed by atoms with E-state index in [4.69, 9.17) is 9.47 Å². The lowest BCUT2D eigenvalue weighted by Crippen LogP contribution is -2.58. The van der Waals surface area contributed by atoms with Crippen LogP contribution in [0.1, 0.15) is 19.3 Å². The maximum Gasteiger partial charge on any atom is 0.211 e. The SMILES string of the molecule is CS(=O)(=O)N1CC[C@H]2OCCC[C@@]2(COc2cccnc2)C1. The van der Waals surface area contributed by atoms with Gasteiger partial charge in [-0.2, -0.15) is 0 Å². The van der Waals surface area contributed by atoms with Crippen LogP contribution in [0.15, 0.2) is 24.5 Å². The molecule has 0 aromatic carbocycles. The first kappa shape index (κ1) is 15.7. The second kappa shape index (κ2) is 6.14. The predicted octanol–water partition coefficient (Wildman–Crippen LogP) is 1.29. The van der Waals surface area contributed by atoms with E-state index in [0.717, 1.165) is 25.9 Å². The van der Waals surface area contributed by atoms with Crippen molar-refractivity contribution in [3.8, 4) is 5.75 Å². The summed E-state index contributed by atoms with van der Waals surface area (Å²) in [6, 6.07) is 3.69. The molecule has 7 heteroatoms. The maximum absolute atomic E-state index is 11.9. The zero-order valence-electron chi connectivity index (χ0n) is 12.8. The van der Waals surface area contributed by atoms with Crippen LogP contribution in [0.25, 0.3) is 0 Å². The molecule has 2 aliphatic heterocycles. The zero-order valence-corrected chi connectivity index (χ0v) is 13.6. The average molecular weight is 326 g/mol. The Bertz CT molecular complexity index is 607. The number of rotatable bonds is 4. The van der Waals surface area contributed by atoms with Crippen molar-refractivity contribution in [3.63, 3.8) is 0 Å². The van der Waals surface area contributed by atoms with Crippen molar-refractivity contribution in [2.75, 3.05) is 32.6 Å². The van der Waals surface area contributed by atoms with Gasteiger partial charge in [0.15, 0.2) is 0 Å². The molecule has 0 aliphatic carbocycles. The van der Waals surface area contributed by atoms with Crippen LogP contribution in [0, 0.1) is 5.41 Å². The van der Waals surface area contributed by atoms with Crippen molar-refractivity contribution < 1.29 is 17.9 Å². The van der Waals surface area contributed by atoms with Gasteiger partial charge in [0.25, 0.3) is 0 Å². The molecule has 1 aromatic rings. The molecule has 22 heavy (non-hydrogen) atoms. The number of sulfonamides is 1. The second-order valence-electron chi connectivity index (χ2n) is 6.19. The number of hydrogen-bond acceptors (Lipinski definition) is 5. The van der Waals surface area contributed by atoms with Gasteiger partial charge >= 0.3 is 0 Å². The quantitative estimate of drug-likeness (QED) is 0.834. The van der Waals surface area contributed by atoms with Crippen molar-refractivity contribution >= 4 is 10.0 Å². The number of aromatic nitrogens is 1. The van der Waals surface area contributed by atoms with Gasteiger partial charge in [-0.3, -0.25) is 4.98 Å². The number of ether oxygens (including phenoxy) is 2. The van der Waals surface area contributed by atoms with Gasteiger partial charge in [-0.25, -0.2) is 12.7 Å². The minimum Gasteiger partial charge on any atom is -0.491 e. The van der Waals surface area contributed by atoms with E-state index in [9.17, 15) is 8.42 Å². The molecule has 1 aromatic heterocycles. The lowest BCUT2D eigenvalue weighted by atomic mass is 9.73. The average Bonchev–Trinajstić information content (AvgIpc) is 2.52. The Morgan fingerprint density at radius 1 is 1.55 bits per heavy atom. The molecule has 2 aliphatic rings. The van der Waals surface area contributed by atoms with Crippen molar-refractivity contribution in [1.82, 2.24) is 9.29 Å². The number of nitrogens with zero attached hydrogens (tertiary/aromatic N) is 2. The third kappa shape index (κ3) is 3.26. The fourth-order valence-electron chi connectivity index (χ4n) is 3.40. The van der Waals surface area contributed by atoms with Crippen molar-refractivity contribution in [1.29, 1.82) is 0 Å². The highest BCUT2D eigenvalue weighted by Gasteiger charge is 2.48. The molecule has 3 rings (SSSR count). The van der Waals surface area contributed by atoms with Gasteiger partial charge in [-0.1, -0.05) is 0 Å². The standard InChI is InChI=1S/C15H22N2O4S/c1-22(18,19)17-8-5-14-15(11-17,6-3-9-20-14)12-21-13-4-2-7-16-10-13/h2,4,7,10,14H,3,5-6,8-9,11-12H2,1H3/t14-,15+/m1/s1. The molecule has 0 unspecified atom stereocenters. The Kier molecular flexibility index (Phi) is 4.38. The van der Waals surface area contributed by atoms with Crippen molar-refractivity contribution in [3.05, 3.63) is 24.5 Å². The molecule has 2 saturated heterocycles. The monoisotopic (exact) mass is 326 g/mol. The Morgan fingerprint density at radius 2 is 2.41 bits per heavy atom. The fourth-order valence-corrected chi connectivity index (χ4v) is 4.33. The Morgan fingerprint density at radius 3 is 3.14 bits per heavy atom. The highest BCUT2D eigenvalue weighted by atomic mass is 32.2. The van der Waals surface area contributed by atoms with Crippen LogP contribution >= 0.6 is 0 Å². The lowest BCUT2D eigenvalue weighted by molar-refractivity contribution is -0.128. The molecular weight excluding hydrogens is 304 g/mol. The highest BCUT2D eigenvalue weighted by molar-refractivity contribution is 7.88. The molecule has 122 valence electrons. The van der Waals surface area contributed by atoms with E-state index in [1.165, 1.54) is 6.26 Å². The van der Waals surface area contributed by atoms with Gasteiger partial charge < -0.3 is 9.47 Å². The van der Waals surface area contributed by atoms with Crippen LogP contribution in [0.5, 0.6) is 5.75 Å². The van der Waals surface area contributed by atoms with Gasteiger partial charge in [0.1, 0.15) is 5.75 Å². The molecule has 2 atom stereocenters. The first-order valence-electron chi connectivity index (χ1n) is 7.59. The lowest BCUT2D eigenvalue weighted by Gasteiger charge is -2.49. The first-order valence-corrected chi connectivity index (χ1v) is 9.44. The molecule has 0 bridgehead atoms. The first-order chi connectivity index (χ1) is 10.5. The molecule has 2 fully saturated rings. The third-order valence-corrected chi connectivity index (χ3v) is 5.83. The Balaban J connectivity index is 1.78. The van der Waals surface area contributed by atoms with Gasteiger partial charge in [0.2, 0.25) is 10.0 Å². The van der Waals surface area contributed by atoms with Crippen molar-refractivity contribution in [2.24, 2.45) is 5.41 Å². The Labute approximate surface area is 131 Å². The van der Waals surface area contributed by atoms with Crippen LogP contribution in [0.4, 0.5) is 0 Å². The summed E-state index contributed by atoms with van der Waals surface area (Å²) in [6.45, 7) is 2.20. The molecule has 6 nitrogen and oxygen atoms in total. The van der Waals surface area contributed by atoms with Gasteiger partial charge in [-0.05, 0) is 31.4 Å². The highest BCUT2D eigenvalue weighted by Crippen LogP contribution is 2.41. The van der Waals surface area contributed by atoms with E-state index < -0.39 is 10.0 Å². The minimum atomic E-state index is -3.19. The smallest absolute Gasteiger partial charge is 0.211 e. The normalized spacial score (nSPS) is 29.8. The number of hydrogen-bond donors (Lipinski definition) is 0. The van der Waals surface area contributed by atoms with E-state index in [1.807, 2.05) is 12.1 Å². The zero-order chi connectivity index (χ0) is 15.6. The maximum atomic E-state index is 11.9. The summed E-state index contributed by atoms with van der Waals surface area (Å²) < 4.78 is 37.2. The molecule has 0 radical (unpaired) electrons. The van der Waals surface area contributed by atoms with Crippen LogP contribution in [0.2, 0.25) is 0 Å². The predicted molar refractivity (Wildman–Crippen MR) is 82.2 cm³/mol. The molecule has 3 heterocycles. The molecule has 0 saturated carbocycles. The summed E-state index contributed by atoms with van der Waals surface area (Å²) in [5, 5.41) is 0. The summed E-state index contributed by atoms with van der Waals surface area (Å²) in [5.74, 6) is 0.706. The summed E-state index contributed by atoms with van der Waals surface area (Å²) in [5.41, 5.74) is -0.268. The van der Waals surface area contributed by atoms with E-state index in [2.05, 4.69) is 4.98 Å². The number of fused-ring (bicyclic) bond motifs is 1. The minimum absolute atomic E-state index is 0.0657.